The molecule has 0 N–H and O–H groups in total. The van der Waals surface area contributed by atoms with Gasteiger partial charge in [-0.2, -0.15) is 0 Å². The number of benzene rings is 1. The van der Waals surface area contributed by atoms with Crippen molar-refractivity contribution in [3.05, 3.63) is 35.4 Å². The molecule has 4 nitrogen and oxygen atoms in total. The average Bonchev–Trinajstić information content (AvgIpc) is 3.35. The van der Waals surface area contributed by atoms with Crippen molar-refractivity contribution in [2.24, 2.45) is 5.92 Å². The fourth-order valence-corrected chi connectivity index (χ4v) is 4.11. The predicted octanol–water partition coefficient (Wildman–Crippen LogP) is 3.49. The van der Waals surface area contributed by atoms with Crippen molar-refractivity contribution >= 4 is 11.5 Å². The van der Waals surface area contributed by atoms with Gasteiger partial charge in [-0.15, -0.1) is 0 Å². The maximum atomic E-state index is 11.5. The van der Waals surface area contributed by atoms with E-state index >= 15 is 0 Å². The van der Waals surface area contributed by atoms with Gasteiger partial charge in [0.15, 0.2) is 0 Å². The number of carbonyl (C=O) groups excluding carboxylic acids is 1. The van der Waals surface area contributed by atoms with Gasteiger partial charge < -0.3 is 9.64 Å². The average molecular weight is 354 g/mol. The van der Waals surface area contributed by atoms with Crippen LogP contribution in [0.1, 0.15) is 43.7 Å². The molecule has 1 aromatic rings. The Morgan fingerprint density at radius 2 is 1.96 bits per heavy atom. The van der Waals surface area contributed by atoms with Gasteiger partial charge >= 0.3 is 0 Å². The molecule has 4 heteroatoms. The Labute approximate surface area is 156 Å². The molecule has 0 aromatic heterocycles. The Hall–Kier alpha value is -1.81. The topological polar surface area (TPSA) is 32.8 Å². The summed E-state index contributed by atoms with van der Waals surface area (Å²) in [6.45, 7) is 8.48. The highest BCUT2D eigenvalue weighted by atomic mass is 16.5. The van der Waals surface area contributed by atoms with Gasteiger partial charge in [-0.25, -0.2) is 0 Å². The molecule has 1 aromatic carbocycles. The van der Waals surface area contributed by atoms with Crippen LogP contribution in [0, 0.1) is 12.8 Å². The third-order valence-corrected chi connectivity index (χ3v) is 6.02. The Bertz CT molecular complexity index is 700. The minimum absolute atomic E-state index is 0.209. The minimum Gasteiger partial charge on any atom is -0.493 e. The van der Waals surface area contributed by atoms with Gasteiger partial charge in [0.25, 0.3) is 0 Å². The molecule has 0 bridgehead atoms. The van der Waals surface area contributed by atoms with Gasteiger partial charge in [0.2, 0.25) is 5.91 Å². The van der Waals surface area contributed by atoms with E-state index < -0.39 is 0 Å². The number of hydrogen-bond acceptors (Lipinski definition) is 3. The van der Waals surface area contributed by atoms with Crippen LogP contribution in [0.25, 0.3) is 5.57 Å². The fraction of sp³-hybridized carbons (Fsp3) is 0.591. The van der Waals surface area contributed by atoms with Crippen LogP contribution in [0.4, 0.5) is 0 Å². The van der Waals surface area contributed by atoms with Crippen molar-refractivity contribution < 1.29 is 9.53 Å². The van der Waals surface area contributed by atoms with Gasteiger partial charge in [-0.1, -0.05) is 17.7 Å². The predicted molar refractivity (Wildman–Crippen MR) is 104 cm³/mol. The van der Waals surface area contributed by atoms with Crippen LogP contribution in [-0.2, 0) is 4.79 Å². The molecule has 1 saturated carbocycles. The summed E-state index contributed by atoms with van der Waals surface area (Å²) in [7, 11) is 0. The molecule has 0 spiro atoms. The SMILES string of the molecule is CC(=O)N1CCC(N2CC=C(c3cc(C)ccc3OCC3CC3)C2)CC1. The third kappa shape index (κ3) is 3.96. The highest BCUT2D eigenvalue weighted by molar-refractivity contribution is 5.74. The number of piperidine rings is 1. The maximum absolute atomic E-state index is 11.5. The first kappa shape index (κ1) is 17.6. The van der Waals surface area contributed by atoms with Crippen molar-refractivity contribution in [3.8, 4) is 5.75 Å². The zero-order valence-electron chi connectivity index (χ0n) is 16.0. The zero-order chi connectivity index (χ0) is 18.1. The number of carbonyl (C=O) groups is 1. The van der Waals surface area contributed by atoms with E-state index in [-0.39, 0.29) is 5.91 Å². The summed E-state index contributed by atoms with van der Waals surface area (Å²) >= 11 is 0. The Morgan fingerprint density at radius 1 is 1.19 bits per heavy atom. The molecule has 0 atom stereocenters. The molecule has 2 aliphatic heterocycles. The second-order valence-electron chi connectivity index (χ2n) is 8.15. The second-order valence-corrected chi connectivity index (χ2v) is 8.15. The molecule has 1 aliphatic carbocycles. The number of aryl methyl sites for hydroxylation is 1. The van der Waals surface area contributed by atoms with Crippen molar-refractivity contribution in [1.29, 1.82) is 0 Å². The van der Waals surface area contributed by atoms with E-state index in [2.05, 4.69) is 36.1 Å². The van der Waals surface area contributed by atoms with E-state index in [1.54, 1.807) is 6.92 Å². The van der Waals surface area contributed by atoms with E-state index in [1.165, 1.54) is 29.5 Å². The number of amides is 1. The van der Waals surface area contributed by atoms with Crippen LogP contribution in [0.2, 0.25) is 0 Å². The van der Waals surface area contributed by atoms with Crippen LogP contribution < -0.4 is 4.74 Å². The van der Waals surface area contributed by atoms with Crippen molar-refractivity contribution in [2.75, 3.05) is 32.8 Å². The first-order valence-corrected chi connectivity index (χ1v) is 10.0. The highest BCUT2D eigenvalue weighted by Crippen LogP contribution is 2.35. The molecular formula is C22H30N2O2. The molecule has 3 aliphatic rings. The Balaban J connectivity index is 1.40. The lowest BCUT2D eigenvalue weighted by Gasteiger charge is -2.36. The van der Waals surface area contributed by atoms with Crippen LogP contribution in [0.15, 0.2) is 24.3 Å². The summed E-state index contributed by atoms with van der Waals surface area (Å²) in [6, 6.07) is 7.15. The number of nitrogens with zero attached hydrogens (tertiary/aromatic N) is 2. The largest absolute Gasteiger partial charge is 0.493 e. The van der Waals surface area contributed by atoms with Gasteiger partial charge in [-0.05, 0) is 56.2 Å². The number of rotatable bonds is 5. The Morgan fingerprint density at radius 3 is 2.65 bits per heavy atom. The summed E-state index contributed by atoms with van der Waals surface area (Å²) in [5, 5.41) is 0. The zero-order valence-corrected chi connectivity index (χ0v) is 16.0. The van der Waals surface area contributed by atoms with Gasteiger partial charge in [0.05, 0.1) is 6.61 Å². The smallest absolute Gasteiger partial charge is 0.219 e. The van der Waals surface area contributed by atoms with Crippen molar-refractivity contribution in [1.82, 2.24) is 9.80 Å². The van der Waals surface area contributed by atoms with Gasteiger partial charge in [0, 0.05) is 44.7 Å². The standard InChI is InChI=1S/C22H30N2O2/c1-16-3-6-22(26-15-18-4-5-18)21(13-16)19-7-10-24(14-19)20-8-11-23(12-9-20)17(2)25/h3,6-7,13,18,20H,4-5,8-12,14-15H2,1-2H3. The molecule has 2 fully saturated rings. The van der Waals surface area contributed by atoms with E-state index in [0.29, 0.717) is 6.04 Å². The van der Waals surface area contributed by atoms with Crippen molar-refractivity contribution in [3.63, 3.8) is 0 Å². The monoisotopic (exact) mass is 354 g/mol. The van der Waals surface area contributed by atoms with E-state index in [1.807, 2.05) is 4.90 Å². The summed E-state index contributed by atoms with van der Waals surface area (Å²) in [4.78, 5) is 16.1. The molecule has 0 unspecified atom stereocenters. The van der Waals surface area contributed by atoms with Crippen LogP contribution in [0.5, 0.6) is 5.75 Å². The van der Waals surface area contributed by atoms with E-state index in [0.717, 1.165) is 57.3 Å². The number of likely N-dealkylation sites (tertiary alicyclic amines) is 1. The molecular weight excluding hydrogens is 324 g/mol. The lowest BCUT2D eigenvalue weighted by atomic mass is 10.0. The first-order valence-electron chi connectivity index (χ1n) is 10.0. The molecule has 1 saturated heterocycles. The normalized spacial score (nSPS) is 21.8. The molecule has 4 rings (SSSR count). The molecule has 0 radical (unpaired) electrons. The second kappa shape index (κ2) is 7.43. The highest BCUT2D eigenvalue weighted by Gasteiger charge is 2.29. The molecule has 26 heavy (non-hydrogen) atoms. The summed E-state index contributed by atoms with van der Waals surface area (Å²) in [5.41, 5.74) is 3.95. The van der Waals surface area contributed by atoms with E-state index in [9.17, 15) is 4.79 Å². The Kier molecular flexibility index (Phi) is 5.03. The summed E-state index contributed by atoms with van der Waals surface area (Å²) < 4.78 is 6.15. The fourth-order valence-electron chi connectivity index (χ4n) is 4.11. The van der Waals surface area contributed by atoms with Crippen LogP contribution in [-0.4, -0.2) is 54.5 Å². The maximum Gasteiger partial charge on any atom is 0.219 e. The number of hydrogen-bond donors (Lipinski definition) is 0. The number of ether oxygens (including phenoxy) is 1. The minimum atomic E-state index is 0.209. The van der Waals surface area contributed by atoms with Gasteiger partial charge in [-0.3, -0.25) is 9.69 Å². The molecule has 2 heterocycles. The lowest BCUT2D eigenvalue weighted by Crippen LogP contribution is -2.45. The summed E-state index contributed by atoms with van der Waals surface area (Å²) in [5.74, 6) is 2.02. The van der Waals surface area contributed by atoms with Crippen LogP contribution >= 0.6 is 0 Å². The lowest BCUT2D eigenvalue weighted by molar-refractivity contribution is -0.130. The summed E-state index contributed by atoms with van der Waals surface area (Å²) in [6.07, 6.45) is 7.17. The van der Waals surface area contributed by atoms with E-state index in [4.69, 9.17) is 4.74 Å². The quantitative estimate of drug-likeness (QED) is 0.811. The molecule has 1 amide bonds. The first-order chi connectivity index (χ1) is 12.6. The van der Waals surface area contributed by atoms with Crippen molar-refractivity contribution in [2.45, 2.75) is 45.6 Å². The van der Waals surface area contributed by atoms with Crippen LogP contribution in [0.3, 0.4) is 0 Å². The molecule has 140 valence electrons. The van der Waals surface area contributed by atoms with Gasteiger partial charge in [0.1, 0.15) is 5.75 Å². The third-order valence-electron chi connectivity index (χ3n) is 6.02.